The largest absolute Gasteiger partial charge is 0.399 e. The molecule has 0 bridgehead atoms. The van der Waals surface area contributed by atoms with E-state index in [4.69, 9.17) is 40.5 Å². The van der Waals surface area contributed by atoms with Gasteiger partial charge >= 0.3 is 6.18 Å². The van der Waals surface area contributed by atoms with Gasteiger partial charge in [-0.1, -0.05) is 53.0 Å². The predicted octanol–water partition coefficient (Wildman–Crippen LogP) is 6.95. The van der Waals surface area contributed by atoms with Crippen molar-refractivity contribution in [3.05, 3.63) is 72.6 Å². The van der Waals surface area contributed by atoms with Crippen LogP contribution in [0.4, 0.5) is 13.2 Å². The molecule has 1 aliphatic carbocycles. The first-order chi connectivity index (χ1) is 13.9. The van der Waals surface area contributed by atoms with Gasteiger partial charge in [-0.25, -0.2) is 0 Å². The van der Waals surface area contributed by atoms with Crippen LogP contribution in [0.15, 0.2) is 40.9 Å². The fourth-order valence-corrected chi connectivity index (χ4v) is 3.93. The van der Waals surface area contributed by atoms with Crippen LogP contribution in [-0.4, -0.2) is 17.7 Å². The van der Waals surface area contributed by atoms with Crippen molar-refractivity contribution in [2.75, 3.05) is 0 Å². The number of amides is 1. The summed E-state index contributed by atoms with van der Waals surface area (Å²) in [5.41, 5.74) is 5.88. The molecule has 3 rings (SSSR count). The molecule has 1 fully saturated rings. The van der Waals surface area contributed by atoms with E-state index in [1.165, 1.54) is 12.1 Å². The minimum absolute atomic E-state index is 0.00441. The minimum atomic E-state index is -4.58. The van der Waals surface area contributed by atoms with E-state index in [9.17, 15) is 18.0 Å². The van der Waals surface area contributed by atoms with E-state index in [-0.39, 0.29) is 26.5 Å². The summed E-state index contributed by atoms with van der Waals surface area (Å²) in [7, 11) is 0. The summed E-state index contributed by atoms with van der Waals surface area (Å²) >= 11 is 20.9. The normalized spacial score (nSPS) is 16.5. The molecule has 10 heteroatoms. The van der Waals surface area contributed by atoms with Crippen LogP contribution >= 0.6 is 50.7 Å². The van der Waals surface area contributed by atoms with Crippen molar-refractivity contribution < 1.29 is 18.0 Å². The zero-order valence-electron chi connectivity index (χ0n) is 15.2. The van der Waals surface area contributed by atoms with Gasteiger partial charge in [-0.05, 0) is 64.2 Å². The molecule has 0 saturated heterocycles. The molecule has 160 valence electrons. The first kappa shape index (κ1) is 23.4. The van der Waals surface area contributed by atoms with Gasteiger partial charge < -0.3 is 11.1 Å². The molecule has 0 aromatic heterocycles. The standard InChI is InChI=1S/C20H15BrCl3F3N2O/c21-14-7-10(1-3-12(14)18(30)29-19(28)5-6-19)2-4-13(20(25,26)27)11-8-15(22)17(24)16(23)9-11/h1-4,7-9,13H,5-6,28H2,(H,29,30)/b4-2+. The quantitative estimate of drug-likeness (QED) is 0.318. The molecule has 2 aromatic rings. The van der Waals surface area contributed by atoms with E-state index in [0.29, 0.717) is 28.4 Å². The van der Waals surface area contributed by atoms with Gasteiger partial charge in [0.2, 0.25) is 0 Å². The highest BCUT2D eigenvalue weighted by molar-refractivity contribution is 9.10. The van der Waals surface area contributed by atoms with E-state index in [1.54, 1.807) is 12.1 Å². The van der Waals surface area contributed by atoms with Gasteiger partial charge in [0.25, 0.3) is 5.91 Å². The monoisotopic (exact) mass is 540 g/mol. The number of benzene rings is 2. The number of hydrogen-bond acceptors (Lipinski definition) is 2. The predicted molar refractivity (Wildman–Crippen MR) is 117 cm³/mol. The Bertz CT molecular complexity index is 1000. The first-order valence-corrected chi connectivity index (χ1v) is 10.6. The zero-order chi connectivity index (χ0) is 22.3. The second-order valence-corrected chi connectivity index (χ2v) is 9.07. The molecule has 1 saturated carbocycles. The number of allylic oxidation sites excluding steroid dienone is 1. The van der Waals surface area contributed by atoms with Crippen LogP contribution in [0.3, 0.4) is 0 Å². The van der Waals surface area contributed by atoms with E-state index in [2.05, 4.69) is 21.2 Å². The molecule has 2 aromatic carbocycles. The summed E-state index contributed by atoms with van der Waals surface area (Å²) < 4.78 is 41.4. The Balaban J connectivity index is 1.86. The number of rotatable bonds is 5. The van der Waals surface area contributed by atoms with Gasteiger partial charge in [-0.15, -0.1) is 0 Å². The van der Waals surface area contributed by atoms with Crippen LogP contribution < -0.4 is 11.1 Å². The van der Waals surface area contributed by atoms with E-state index >= 15 is 0 Å². The lowest BCUT2D eigenvalue weighted by Gasteiger charge is -2.18. The summed E-state index contributed by atoms with van der Waals surface area (Å²) in [5.74, 6) is -2.30. The van der Waals surface area contributed by atoms with Crippen molar-refractivity contribution >= 4 is 62.7 Å². The van der Waals surface area contributed by atoms with Crippen LogP contribution in [0, 0.1) is 0 Å². The molecule has 0 heterocycles. The van der Waals surface area contributed by atoms with Gasteiger partial charge in [-0.2, -0.15) is 13.2 Å². The highest BCUT2D eigenvalue weighted by Gasteiger charge is 2.40. The average Bonchev–Trinajstić information content (AvgIpc) is 3.35. The maximum Gasteiger partial charge on any atom is 0.399 e. The lowest BCUT2D eigenvalue weighted by atomic mass is 9.97. The maximum atomic E-state index is 13.6. The molecule has 1 amide bonds. The molecule has 1 unspecified atom stereocenters. The molecular formula is C20H15BrCl3F3N2O. The Morgan fingerprint density at radius 3 is 2.27 bits per heavy atom. The topological polar surface area (TPSA) is 55.1 Å². The van der Waals surface area contributed by atoms with Gasteiger partial charge in [0.1, 0.15) is 0 Å². The summed E-state index contributed by atoms with van der Waals surface area (Å²) in [6, 6.07) is 6.89. The number of nitrogens with one attached hydrogen (secondary N) is 1. The number of halogens is 7. The molecule has 0 aliphatic heterocycles. The van der Waals surface area contributed by atoms with Gasteiger partial charge in [-0.3, -0.25) is 4.79 Å². The van der Waals surface area contributed by atoms with Gasteiger partial charge in [0, 0.05) is 4.47 Å². The smallest absolute Gasteiger partial charge is 0.334 e. The zero-order valence-corrected chi connectivity index (χ0v) is 19.0. The molecule has 1 aliphatic rings. The van der Waals surface area contributed by atoms with Crippen molar-refractivity contribution in [2.24, 2.45) is 5.73 Å². The van der Waals surface area contributed by atoms with Crippen LogP contribution in [0.2, 0.25) is 15.1 Å². The molecule has 0 spiro atoms. The second-order valence-electron chi connectivity index (χ2n) is 7.03. The average molecular weight is 543 g/mol. The third-order valence-corrected chi connectivity index (χ3v) is 6.44. The molecule has 3 nitrogen and oxygen atoms in total. The maximum absolute atomic E-state index is 13.6. The highest BCUT2D eigenvalue weighted by atomic mass is 79.9. The number of hydrogen-bond donors (Lipinski definition) is 2. The SMILES string of the molecule is NC1(NC(=O)c2ccc(/C=C/C(c3cc(Cl)c(Cl)c(Cl)c3)C(F)(F)F)cc2Br)CC1. The lowest BCUT2D eigenvalue weighted by molar-refractivity contribution is -0.139. The summed E-state index contributed by atoms with van der Waals surface area (Å²) in [6.07, 6.45) is -0.861. The number of alkyl halides is 3. The Hall–Kier alpha value is -1.25. The Morgan fingerprint density at radius 1 is 1.17 bits per heavy atom. The van der Waals surface area contributed by atoms with Crippen molar-refractivity contribution in [2.45, 2.75) is 30.6 Å². The highest BCUT2D eigenvalue weighted by Crippen LogP contribution is 2.41. The van der Waals surface area contributed by atoms with E-state index in [1.807, 2.05) is 0 Å². The van der Waals surface area contributed by atoms with Crippen molar-refractivity contribution in [3.63, 3.8) is 0 Å². The van der Waals surface area contributed by atoms with E-state index in [0.717, 1.165) is 18.2 Å². The first-order valence-electron chi connectivity index (χ1n) is 8.70. The van der Waals surface area contributed by atoms with Crippen LogP contribution in [0.5, 0.6) is 0 Å². The fourth-order valence-electron chi connectivity index (χ4n) is 2.74. The van der Waals surface area contributed by atoms with Gasteiger partial charge in [0.05, 0.1) is 32.2 Å². The molecular weight excluding hydrogens is 527 g/mol. The summed E-state index contributed by atoms with van der Waals surface area (Å²) in [5, 5.41) is 2.59. The Labute approximate surface area is 194 Å². The molecule has 0 radical (unpaired) electrons. The number of nitrogens with two attached hydrogens (primary N) is 1. The Morgan fingerprint density at radius 2 is 1.77 bits per heavy atom. The van der Waals surface area contributed by atoms with Crippen LogP contribution in [0.25, 0.3) is 6.08 Å². The number of carbonyl (C=O) groups excluding carboxylic acids is 1. The van der Waals surface area contributed by atoms with Crippen LogP contribution in [0.1, 0.15) is 40.2 Å². The van der Waals surface area contributed by atoms with Crippen molar-refractivity contribution in [1.82, 2.24) is 5.32 Å². The third-order valence-electron chi connectivity index (χ3n) is 4.59. The lowest BCUT2D eigenvalue weighted by Crippen LogP contribution is -2.43. The van der Waals surface area contributed by atoms with E-state index < -0.39 is 17.8 Å². The summed E-state index contributed by atoms with van der Waals surface area (Å²) in [6.45, 7) is 0. The van der Waals surface area contributed by atoms with Gasteiger partial charge in [0.15, 0.2) is 0 Å². The number of carbonyl (C=O) groups is 1. The molecule has 3 N–H and O–H groups in total. The summed E-state index contributed by atoms with van der Waals surface area (Å²) in [4.78, 5) is 12.3. The molecule has 1 atom stereocenters. The minimum Gasteiger partial charge on any atom is -0.334 e. The molecule has 30 heavy (non-hydrogen) atoms. The van der Waals surface area contributed by atoms with Crippen molar-refractivity contribution in [3.8, 4) is 0 Å². The fraction of sp³-hybridized carbons (Fsp3) is 0.250. The third kappa shape index (κ3) is 5.51. The van der Waals surface area contributed by atoms with Crippen molar-refractivity contribution in [1.29, 1.82) is 0 Å². The van der Waals surface area contributed by atoms with Crippen LogP contribution in [-0.2, 0) is 0 Å². The Kier molecular flexibility index (Phi) is 6.80. The second kappa shape index (κ2) is 8.71.